The molecule has 1 aliphatic carbocycles. The predicted molar refractivity (Wildman–Crippen MR) is 69.7 cm³/mol. The number of fused-ring (bicyclic) bond motifs is 1. The number of aryl methyl sites for hydroxylation is 1. The molecule has 1 aromatic carbocycles. The van der Waals surface area contributed by atoms with E-state index >= 15 is 0 Å². The molecule has 1 saturated carbocycles. The standard InChI is InChI=1S/C14H19N3/c1-2-17-12-8-4-3-7-11(12)16-13(17)14(15)9-5-6-10-14/h3-4,7-8H,2,5-6,9-10,15H2,1H3. The molecule has 1 heterocycles. The first-order valence-corrected chi connectivity index (χ1v) is 6.49. The molecule has 0 bridgehead atoms. The molecule has 1 aliphatic rings. The van der Waals surface area contributed by atoms with Gasteiger partial charge in [0.15, 0.2) is 0 Å². The zero-order valence-electron chi connectivity index (χ0n) is 10.3. The molecule has 3 rings (SSSR count). The molecule has 0 amide bonds. The molecule has 0 spiro atoms. The van der Waals surface area contributed by atoms with Crippen molar-refractivity contribution >= 4 is 11.0 Å². The lowest BCUT2D eigenvalue weighted by molar-refractivity contribution is 0.413. The minimum absolute atomic E-state index is 0.199. The topological polar surface area (TPSA) is 43.8 Å². The lowest BCUT2D eigenvalue weighted by Gasteiger charge is -2.23. The van der Waals surface area contributed by atoms with Gasteiger partial charge in [-0.05, 0) is 31.9 Å². The quantitative estimate of drug-likeness (QED) is 0.860. The fourth-order valence-corrected chi connectivity index (χ4v) is 3.01. The number of hydrogen-bond donors (Lipinski definition) is 1. The lowest BCUT2D eigenvalue weighted by Crippen LogP contribution is -2.36. The maximum Gasteiger partial charge on any atom is 0.130 e. The Morgan fingerprint density at radius 1 is 1.29 bits per heavy atom. The van der Waals surface area contributed by atoms with Gasteiger partial charge >= 0.3 is 0 Å². The van der Waals surface area contributed by atoms with Gasteiger partial charge in [-0.15, -0.1) is 0 Å². The molecule has 17 heavy (non-hydrogen) atoms. The number of benzene rings is 1. The average molecular weight is 229 g/mol. The number of imidazole rings is 1. The van der Waals surface area contributed by atoms with E-state index in [1.807, 2.05) is 6.07 Å². The molecule has 2 N–H and O–H groups in total. The van der Waals surface area contributed by atoms with Gasteiger partial charge in [0.25, 0.3) is 0 Å². The number of nitrogens with zero attached hydrogens (tertiary/aromatic N) is 2. The van der Waals surface area contributed by atoms with Crippen LogP contribution in [0.3, 0.4) is 0 Å². The van der Waals surface area contributed by atoms with Crippen LogP contribution in [0.15, 0.2) is 24.3 Å². The smallest absolute Gasteiger partial charge is 0.130 e. The van der Waals surface area contributed by atoms with Crippen LogP contribution in [0.4, 0.5) is 0 Å². The molecule has 3 nitrogen and oxygen atoms in total. The Balaban J connectivity index is 2.21. The zero-order chi connectivity index (χ0) is 11.9. The number of aromatic nitrogens is 2. The van der Waals surface area contributed by atoms with Gasteiger partial charge in [0, 0.05) is 6.54 Å². The maximum atomic E-state index is 6.54. The van der Waals surface area contributed by atoms with Crippen molar-refractivity contribution in [2.45, 2.75) is 44.7 Å². The van der Waals surface area contributed by atoms with E-state index in [0.29, 0.717) is 0 Å². The van der Waals surface area contributed by atoms with Crippen molar-refractivity contribution < 1.29 is 0 Å². The molecule has 1 aromatic heterocycles. The average Bonchev–Trinajstić information content (AvgIpc) is 2.93. The van der Waals surface area contributed by atoms with Gasteiger partial charge in [-0.1, -0.05) is 25.0 Å². The molecule has 0 unspecified atom stereocenters. The third-order valence-electron chi connectivity index (χ3n) is 3.91. The van der Waals surface area contributed by atoms with Crippen LogP contribution in [0.5, 0.6) is 0 Å². The second kappa shape index (κ2) is 3.84. The zero-order valence-corrected chi connectivity index (χ0v) is 10.3. The summed E-state index contributed by atoms with van der Waals surface area (Å²) in [4.78, 5) is 4.78. The van der Waals surface area contributed by atoms with E-state index in [1.165, 1.54) is 18.4 Å². The molecule has 1 fully saturated rings. The van der Waals surface area contributed by atoms with Crippen LogP contribution in [-0.4, -0.2) is 9.55 Å². The largest absolute Gasteiger partial charge is 0.327 e. The SMILES string of the molecule is CCn1c(C2(N)CCCC2)nc2ccccc21. The lowest BCUT2D eigenvalue weighted by atomic mass is 9.98. The van der Waals surface area contributed by atoms with Crippen LogP contribution in [0, 0.1) is 0 Å². The summed E-state index contributed by atoms with van der Waals surface area (Å²) < 4.78 is 2.28. The van der Waals surface area contributed by atoms with Crippen molar-refractivity contribution in [3.05, 3.63) is 30.1 Å². The Morgan fingerprint density at radius 3 is 2.71 bits per heavy atom. The van der Waals surface area contributed by atoms with Gasteiger partial charge in [-0.25, -0.2) is 4.98 Å². The Kier molecular flexibility index (Phi) is 2.44. The van der Waals surface area contributed by atoms with E-state index in [-0.39, 0.29) is 5.54 Å². The van der Waals surface area contributed by atoms with Gasteiger partial charge < -0.3 is 10.3 Å². The second-order valence-corrected chi connectivity index (χ2v) is 5.03. The summed E-state index contributed by atoms with van der Waals surface area (Å²) in [5, 5.41) is 0. The Hall–Kier alpha value is -1.35. The van der Waals surface area contributed by atoms with Crippen molar-refractivity contribution in [1.29, 1.82) is 0 Å². The van der Waals surface area contributed by atoms with Crippen LogP contribution in [0.25, 0.3) is 11.0 Å². The third-order valence-corrected chi connectivity index (χ3v) is 3.91. The van der Waals surface area contributed by atoms with E-state index in [4.69, 9.17) is 10.7 Å². The molecular weight excluding hydrogens is 210 g/mol. The minimum atomic E-state index is -0.199. The van der Waals surface area contributed by atoms with Gasteiger partial charge in [0.1, 0.15) is 5.82 Å². The summed E-state index contributed by atoms with van der Waals surface area (Å²) in [6, 6.07) is 8.31. The first-order chi connectivity index (χ1) is 8.24. The van der Waals surface area contributed by atoms with Crippen molar-refractivity contribution in [1.82, 2.24) is 9.55 Å². The van der Waals surface area contributed by atoms with Crippen molar-refractivity contribution in [2.24, 2.45) is 5.73 Å². The van der Waals surface area contributed by atoms with E-state index in [0.717, 1.165) is 30.7 Å². The summed E-state index contributed by atoms with van der Waals surface area (Å²) in [6.45, 7) is 3.10. The van der Waals surface area contributed by atoms with Gasteiger partial charge in [0.2, 0.25) is 0 Å². The minimum Gasteiger partial charge on any atom is -0.327 e. The fourth-order valence-electron chi connectivity index (χ4n) is 3.01. The number of hydrogen-bond acceptors (Lipinski definition) is 2. The Bertz CT molecular complexity index is 535. The predicted octanol–water partition coefficient (Wildman–Crippen LogP) is 2.78. The monoisotopic (exact) mass is 229 g/mol. The molecule has 0 aliphatic heterocycles. The van der Waals surface area contributed by atoms with E-state index in [9.17, 15) is 0 Å². The van der Waals surface area contributed by atoms with Gasteiger partial charge in [-0.3, -0.25) is 0 Å². The summed E-state index contributed by atoms with van der Waals surface area (Å²) in [7, 11) is 0. The summed E-state index contributed by atoms with van der Waals surface area (Å²) in [5.74, 6) is 1.08. The molecule has 3 heteroatoms. The van der Waals surface area contributed by atoms with Crippen LogP contribution in [0.2, 0.25) is 0 Å². The normalized spacial score (nSPS) is 18.9. The molecule has 90 valence electrons. The van der Waals surface area contributed by atoms with Crippen LogP contribution in [0.1, 0.15) is 38.4 Å². The highest BCUT2D eigenvalue weighted by atomic mass is 15.1. The van der Waals surface area contributed by atoms with E-state index in [1.54, 1.807) is 0 Å². The Labute approximate surface area is 102 Å². The maximum absolute atomic E-state index is 6.54. The molecule has 0 radical (unpaired) electrons. The van der Waals surface area contributed by atoms with Crippen LogP contribution >= 0.6 is 0 Å². The fraction of sp³-hybridized carbons (Fsp3) is 0.500. The third kappa shape index (κ3) is 1.57. The van der Waals surface area contributed by atoms with E-state index in [2.05, 4.69) is 29.7 Å². The summed E-state index contributed by atoms with van der Waals surface area (Å²) >= 11 is 0. The Morgan fingerprint density at radius 2 is 2.00 bits per heavy atom. The highest BCUT2D eigenvalue weighted by molar-refractivity contribution is 5.76. The molecular formula is C14H19N3. The van der Waals surface area contributed by atoms with Crippen molar-refractivity contribution in [3.8, 4) is 0 Å². The van der Waals surface area contributed by atoms with Crippen molar-refractivity contribution in [2.75, 3.05) is 0 Å². The number of para-hydroxylation sites is 2. The van der Waals surface area contributed by atoms with Gasteiger partial charge in [0.05, 0.1) is 16.6 Å². The van der Waals surface area contributed by atoms with Crippen LogP contribution < -0.4 is 5.73 Å². The second-order valence-electron chi connectivity index (χ2n) is 5.03. The summed E-state index contributed by atoms with van der Waals surface area (Å²) in [5.41, 5.74) is 8.62. The first-order valence-electron chi connectivity index (χ1n) is 6.49. The number of rotatable bonds is 2. The van der Waals surface area contributed by atoms with E-state index < -0.39 is 0 Å². The first kappa shape index (κ1) is 10.8. The van der Waals surface area contributed by atoms with Crippen LogP contribution in [-0.2, 0) is 12.1 Å². The molecule has 0 saturated heterocycles. The summed E-state index contributed by atoms with van der Waals surface area (Å²) in [6.07, 6.45) is 4.58. The van der Waals surface area contributed by atoms with Gasteiger partial charge in [-0.2, -0.15) is 0 Å². The van der Waals surface area contributed by atoms with Crippen molar-refractivity contribution in [3.63, 3.8) is 0 Å². The highest BCUT2D eigenvalue weighted by Gasteiger charge is 2.35. The number of nitrogens with two attached hydrogens (primary N) is 1. The molecule has 2 aromatic rings. The molecule has 0 atom stereocenters. The highest BCUT2D eigenvalue weighted by Crippen LogP contribution is 2.37.